The normalized spacial score (nSPS) is 11.1. The van der Waals surface area contributed by atoms with Crippen LogP contribution in [0.3, 0.4) is 0 Å². The van der Waals surface area contributed by atoms with Gasteiger partial charge in [0.25, 0.3) is 0 Å². The average Bonchev–Trinajstić information content (AvgIpc) is 2.96. The second kappa shape index (κ2) is 5.07. The van der Waals surface area contributed by atoms with Crippen LogP contribution in [0.2, 0.25) is 5.28 Å². The van der Waals surface area contributed by atoms with Crippen LogP contribution in [-0.2, 0) is 6.54 Å². The average molecular weight is 359 g/mol. The van der Waals surface area contributed by atoms with Gasteiger partial charge >= 0.3 is 0 Å². The fourth-order valence-electron chi connectivity index (χ4n) is 1.83. The van der Waals surface area contributed by atoms with Gasteiger partial charge in [-0.25, -0.2) is 0 Å². The van der Waals surface area contributed by atoms with E-state index in [-0.39, 0.29) is 5.28 Å². The molecule has 1 N–H and O–H groups in total. The number of aromatic amines is 1. The Balaban J connectivity index is 1.96. The maximum atomic E-state index is 5.93. The molecule has 0 amide bonds. The highest BCUT2D eigenvalue weighted by molar-refractivity contribution is 9.10. The highest BCUT2D eigenvalue weighted by atomic mass is 79.9. The molecule has 5 nitrogen and oxygen atoms in total. The molecule has 0 aliphatic rings. The van der Waals surface area contributed by atoms with E-state index in [9.17, 15) is 0 Å². The Morgan fingerprint density at radius 3 is 3.05 bits per heavy atom. The molecule has 0 aliphatic heterocycles. The molecule has 3 heterocycles. The monoisotopic (exact) mass is 357 g/mol. The first-order valence-electron chi connectivity index (χ1n) is 5.44. The molecule has 0 atom stereocenters. The van der Waals surface area contributed by atoms with Crippen LogP contribution in [-0.4, -0.2) is 27.2 Å². The summed E-state index contributed by atoms with van der Waals surface area (Å²) in [5.74, 6) is 0.772. The highest BCUT2D eigenvalue weighted by Gasteiger charge is 2.13. The molecule has 0 radical (unpaired) electrons. The number of anilines is 1. The van der Waals surface area contributed by atoms with Gasteiger partial charge in [-0.15, -0.1) is 11.3 Å². The lowest BCUT2D eigenvalue weighted by atomic mass is 10.3. The van der Waals surface area contributed by atoms with E-state index in [2.05, 4.69) is 47.5 Å². The minimum absolute atomic E-state index is 0.214. The highest BCUT2D eigenvalue weighted by Crippen LogP contribution is 2.26. The Kier molecular flexibility index (Phi) is 3.42. The lowest BCUT2D eigenvalue weighted by Gasteiger charge is -2.17. The van der Waals surface area contributed by atoms with Crippen molar-refractivity contribution in [3.05, 3.63) is 32.3 Å². The summed E-state index contributed by atoms with van der Waals surface area (Å²) in [5.41, 5.74) is 0.647. The molecule has 0 aliphatic carbocycles. The van der Waals surface area contributed by atoms with Crippen LogP contribution < -0.4 is 4.90 Å². The maximum absolute atomic E-state index is 5.93. The van der Waals surface area contributed by atoms with Gasteiger partial charge in [-0.3, -0.25) is 5.10 Å². The smallest absolute Gasteiger partial charge is 0.226 e. The van der Waals surface area contributed by atoms with Gasteiger partial charge in [0.1, 0.15) is 5.82 Å². The van der Waals surface area contributed by atoms with Crippen molar-refractivity contribution in [1.82, 2.24) is 20.2 Å². The first-order valence-corrected chi connectivity index (χ1v) is 7.49. The van der Waals surface area contributed by atoms with Crippen molar-refractivity contribution < 1.29 is 0 Å². The summed E-state index contributed by atoms with van der Waals surface area (Å²) in [6.45, 7) is 0.754. The molecular weight excluding hydrogens is 350 g/mol. The Labute approximate surface area is 126 Å². The van der Waals surface area contributed by atoms with E-state index < -0.39 is 0 Å². The fraction of sp³-hybridized carbons (Fsp3) is 0.182. The number of fused-ring (bicyclic) bond motifs is 1. The Hall–Kier alpha value is -1.18. The van der Waals surface area contributed by atoms with Crippen molar-refractivity contribution in [2.45, 2.75) is 6.54 Å². The fourth-order valence-corrected chi connectivity index (χ4v) is 3.50. The van der Waals surface area contributed by atoms with Gasteiger partial charge < -0.3 is 4.90 Å². The maximum Gasteiger partial charge on any atom is 0.226 e. The van der Waals surface area contributed by atoms with Crippen molar-refractivity contribution in [2.24, 2.45) is 0 Å². The molecule has 3 rings (SSSR count). The van der Waals surface area contributed by atoms with E-state index in [0.29, 0.717) is 5.65 Å². The van der Waals surface area contributed by atoms with Crippen molar-refractivity contribution in [2.75, 3.05) is 11.9 Å². The van der Waals surface area contributed by atoms with Gasteiger partial charge in [-0.1, -0.05) is 0 Å². The number of nitrogens with one attached hydrogen (secondary N) is 1. The van der Waals surface area contributed by atoms with Crippen LogP contribution in [0, 0.1) is 0 Å². The number of hydrogen-bond acceptors (Lipinski definition) is 5. The third-order valence-corrected chi connectivity index (χ3v) is 4.49. The molecule has 0 fully saturated rings. The standard InChI is InChI=1S/C11H9BrClN5S/c1-18(4-7-2-6(12)5-19-7)10-8-3-14-17-9(8)15-11(13)16-10/h2-3,5H,4H2,1H3,(H,14,15,16,17). The zero-order valence-electron chi connectivity index (χ0n) is 9.89. The van der Waals surface area contributed by atoms with Crippen molar-refractivity contribution in [3.8, 4) is 0 Å². The third kappa shape index (κ3) is 2.58. The molecule has 0 saturated heterocycles. The number of rotatable bonds is 3. The second-order valence-corrected chi connectivity index (χ2v) is 6.29. The molecule has 0 bridgehead atoms. The minimum Gasteiger partial charge on any atom is -0.354 e. The van der Waals surface area contributed by atoms with E-state index in [0.717, 1.165) is 22.2 Å². The molecule has 8 heteroatoms. The predicted octanol–water partition coefficient (Wildman–Crippen LogP) is 3.47. The zero-order valence-corrected chi connectivity index (χ0v) is 13.1. The molecule has 3 aromatic rings. The van der Waals surface area contributed by atoms with Gasteiger partial charge in [-0.05, 0) is 33.6 Å². The van der Waals surface area contributed by atoms with E-state index in [4.69, 9.17) is 11.6 Å². The minimum atomic E-state index is 0.214. The molecule has 3 aromatic heterocycles. The lowest BCUT2D eigenvalue weighted by Crippen LogP contribution is -2.17. The Morgan fingerprint density at radius 2 is 2.32 bits per heavy atom. The quantitative estimate of drug-likeness (QED) is 0.728. The summed E-state index contributed by atoms with van der Waals surface area (Å²) in [6, 6.07) is 2.09. The molecule has 0 unspecified atom stereocenters. The number of halogens is 2. The summed E-state index contributed by atoms with van der Waals surface area (Å²) in [7, 11) is 1.97. The number of hydrogen-bond donors (Lipinski definition) is 1. The van der Waals surface area contributed by atoms with Crippen molar-refractivity contribution in [3.63, 3.8) is 0 Å². The molecule has 0 aromatic carbocycles. The first kappa shape index (κ1) is 12.8. The molecule has 0 spiro atoms. The number of nitrogens with zero attached hydrogens (tertiary/aromatic N) is 4. The van der Waals surface area contributed by atoms with E-state index in [1.807, 2.05) is 11.9 Å². The summed E-state index contributed by atoms with van der Waals surface area (Å²) in [4.78, 5) is 11.7. The van der Waals surface area contributed by atoms with E-state index >= 15 is 0 Å². The molecular formula is C11H9BrClN5S. The van der Waals surface area contributed by atoms with Crippen LogP contribution >= 0.6 is 38.9 Å². The zero-order chi connectivity index (χ0) is 13.4. The number of aromatic nitrogens is 4. The van der Waals surface area contributed by atoms with Crippen LogP contribution in [0.25, 0.3) is 11.0 Å². The van der Waals surface area contributed by atoms with Gasteiger partial charge in [0.05, 0.1) is 18.1 Å². The summed E-state index contributed by atoms with van der Waals surface area (Å²) < 4.78 is 1.09. The van der Waals surface area contributed by atoms with Gasteiger partial charge in [0.15, 0.2) is 5.65 Å². The number of H-pyrrole nitrogens is 1. The second-order valence-electron chi connectivity index (χ2n) is 4.04. The largest absolute Gasteiger partial charge is 0.354 e. The summed E-state index contributed by atoms with van der Waals surface area (Å²) in [5, 5.41) is 9.92. The van der Waals surface area contributed by atoms with E-state index in [1.165, 1.54) is 4.88 Å². The first-order chi connectivity index (χ1) is 9.13. The predicted molar refractivity (Wildman–Crippen MR) is 80.8 cm³/mol. The van der Waals surface area contributed by atoms with Crippen molar-refractivity contribution >= 4 is 55.7 Å². The lowest BCUT2D eigenvalue weighted by molar-refractivity contribution is 0.914. The SMILES string of the molecule is CN(Cc1cc(Br)cs1)c1nc(Cl)nc2[nH]ncc12. The molecule has 98 valence electrons. The summed E-state index contributed by atoms with van der Waals surface area (Å²) >= 11 is 11.1. The topological polar surface area (TPSA) is 57.7 Å². The molecule has 19 heavy (non-hydrogen) atoms. The number of thiophene rings is 1. The van der Waals surface area contributed by atoms with Crippen LogP contribution in [0.15, 0.2) is 22.1 Å². The van der Waals surface area contributed by atoms with Crippen molar-refractivity contribution in [1.29, 1.82) is 0 Å². The van der Waals surface area contributed by atoms with Gasteiger partial charge in [0, 0.05) is 21.8 Å². The van der Waals surface area contributed by atoms with Crippen LogP contribution in [0.4, 0.5) is 5.82 Å². The van der Waals surface area contributed by atoms with E-state index in [1.54, 1.807) is 17.5 Å². The van der Waals surface area contributed by atoms with Gasteiger partial charge in [-0.2, -0.15) is 15.1 Å². The Morgan fingerprint density at radius 1 is 1.47 bits per heavy atom. The van der Waals surface area contributed by atoms with Crippen LogP contribution in [0.5, 0.6) is 0 Å². The van der Waals surface area contributed by atoms with Gasteiger partial charge in [0.2, 0.25) is 5.28 Å². The summed E-state index contributed by atoms with van der Waals surface area (Å²) in [6.07, 6.45) is 1.71. The third-order valence-electron chi connectivity index (χ3n) is 2.64. The molecule has 0 saturated carbocycles. The van der Waals surface area contributed by atoms with Crippen LogP contribution in [0.1, 0.15) is 4.88 Å². The Bertz CT molecular complexity index is 725.